The minimum atomic E-state index is 0. The Labute approximate surface area is 361 Å². The molecule has 6 heteroatoms. The largest absolute Gasteiger partial charge is 0.510 e. The fourth-order valence-corrected chi connectivity index (χ4v) is 8.84. The number of hydrogen-bond donors (Lipinski definition) is 0. The van der Waals surface area contributed by atoms with Crippen LogP contribution in [0.2, 0.25) is 0 Å². The molecule has 0 amide bonds. The van der Waals surface area contributed by atoms with Crippen molar-refractivity contribution in [2.45, 2.75) is 0 Å². The molecule has 0 spiro atoms. The molecule has 1 aliphatic heterocycles. The number of rotatable bonds is 5. The molecule has 8 aromatic carbocycles. The van der Waals surface area contributed by atoms with Crippen LogP contribution in [0.5, 0.6) is 11.5 Å². The fourth-order valence-electron chi connectivity index (χ4n) is 8.84. The van der Waals surface area contributed by atoms with E-state index >= 15 is 0 Å². The summed E-state index contributed by atoms with van der Waals surface area (Å²) in [6, 6.07) is 72.8. The van der Waals surface area contributed by atoms with Gasteiger partial charge in [-0.2, -0.15) is 18.2 Å². The van der Waals surface area contributed by atoms with Gasteiger partial charge in [-0.3, -0.25) is 4.57 Å². The molecule has 0 bridgehead atoms. The van der Waals surface area contributed by atoms with Crippen LogP contribution >= 0.6 is 0 Å². The van der Waals surface area contributed by atoms with Crippen LogP contribution in [0.3, 0.4) is 0 Å². The van der Waals surface area contributed by atoms with Crippen LogP contribution in [0, 0.1) is 18.5 Å². The number of pyridine rings is 1. The van der Waals surface area contributed by atoms with Gasteiger partial charge in [-0.25, -0.2) is 4.98 Å². The van der Waals surface area contributed by atoms with Crippen LogP contribution in [0.4, 0.5) is 0 Å². The molecule has 3 aromatic heterocycles. The molecule has 286 valence electrons. The van der Waals surface area contributed by atoms with Gasteiger partial charge in [-0.05, 0) is 74.3 Å². The minimum Gasteiger partial charge on any atom is -0.510 e. The molecule has 0 aliphatic carbocycles. The number of benzene rings is 8. The van der Waals surface area contributed by atoms with Crippen LogP contribution in [-0.2, 0) is 21.1 Å². The van der Waals surface area contributed by atoms with E-state index in [4.69, 9.17) is 9.72 Å². The van der Waals surface area contributed by atoms with Crippen molar-refractivity contribution in [1.29, 1.82) is 0 Å². The van der Waals surface area contributed by atoms with Crippen molar-refractivity contribution in [3.63, 3.8) is 0 Å². The number of para-hydroxylation sites is 3. The maximum absolute atomic E-state index is 6.65. The van der Waals surface area contributed by atoms with Gasteiger partial charge in [0.25, 0.3) is 6.33 Å². The predicted molar refractivity (Wildman–Crippen MR) is 235 cm³/mol. The summed E-state index contributed by atoms with van der Waals surface area (Å²) in [6.45, 7) is 0. The second kappa shape index (κ2) is 14.5. The summed E-state index contributed by atoms with van der Waals surface area (Å²) in [5.74, 6) is 1.99. The van der Waals surface area contributed by atoms with E-state index in [0.717, 1.165) is 72.3 Å². The topological polar surface area (TPSA) is 35.9 Å². The third-order valence-electron chi connectivity index (χ3n) is 11.4. The van der Waals surface area contributed by atoms with Gasteiger partial charge in [0.15, 0.2) is 0 Å². The molecule has 4 heterocycles. The second-order valence-corrected chi connectivity index (χ2v) is 14.7. The molecular weight excluding hydrogens is 916 g/mol. The van der Waals surface area contributed by atoms with Gasteiger partial charge in [-0.1, -0.05) is 139 Å². The molecule has 0 fully saturated rings. The van der Waals surface area contributed by atoms with Crippen molar-refractivity contribution in [2.24, 2.45) is 0 Å². The summed E-state index contributed by atoms with van der Waals surface area (Å²) in [5.41, 5.74) is 15.0. The number of aromatic nitrogens is 4. The number of fused-ring (bicyclic) bond motifs is 10. The number of nitrogens with zero attached hydrogens (tertiary/aromatic N) is 4. The van der Waals surface area contributed by atoms with Gasteiger partial charge >= 0.3 is 0 Å². The molecule has 60 heavy (non-hydrogen) atoms. The van der Waals surface area contributed by atoms with Crippen molar-refractivity contribution in [2.75, 3.05) is 0 Å². The Hall–Kier alpha value is -7.33. The SMILES string of the molecule is [Pt].[c-]1c(Oc2[c-]c3c(cc2)c2ccccc2n3-c2ncccc2-c2ccccc2)cccc1-n1[c-][n+]2c3c(cccc31)-c1ccccc1-c1ccccc1-c1ccccc1-2. The average Bonchev–Trinajstić information content (AvgIpc) is 3.86. The molecule has 0 unspecified atom stereocenters. The summed E-state index contributed by atoms with van der Waals surface area (Å²) in [5, 5.41) is 2.19. The summed E-state index contributed by atoms with van der Waals surface area (Å²) in [4.78, 5) is 4.94. The van der Waals surface area contributed by atoms with E-state index in [-0.39, 0.29) is 21.1 Å². The van der Waals surface area contributed by atoms with E-state index in [2.05, 4.69) is 190 Å². The van der Waals surface area contributed by atoms with E-state index in [9.17, 15) is 0 Å². The Bertz CT molecular complexity index is 3440. The zero-order valence-electron chi connectivity index (χ0n) is 32.0. The second-order valence-electron chi connectivity index (χ2n) is 14.7. The fraction of sp³-hybridized carbons (Fsp3) is 0. The molecule has 11 aromatic rings. The zero-order valence-corrected chi connectivity index (χ0v) is 34.3. The smallest absolute Gasteiger partial charge is 0.268 e. The van der Waals surface area contributed by atoms with E-state index in [1.54, 1.807) is 0 Å². The van der Waals surface area contributed by atoms with E-state index in [1.165, 1.54) is 22.3 Å². The van der Waals surface area contributed by atoms with Gasteiger partial charge in [0.05, 0.1) is 16.7 Å². The van der Waals surface area contributed by atoms with Crippen molar-refractivity contribution in [3.8, 4) is 73.2 Å². The van der Waals surface area contributed by atoms with Crippen molar-refractivity contribution in [3.05, 3.63) is 213 Å². The number of imidazole rings is 1. The van der Waals surface area contributed by atoms with E-state index in [0.29, 0.717) is 11.5 Å². The molecule has 0 radical (unpaired) electrons. The van der Waals surface area contributed by atoms with E-state index < -0.39 is 0 Å². The minimum absolute atomic E-state index is 0. The molecule has 1 aliphatic rings. The third kappa shape index (κ3) is 5.66. The Morgan fingerprint density at radius 3 is 1.90 bits per heavy atom. The van der Waals surface area contributed by atoms with E-state index in [1.807, 2.05) is 36.5 Å². The van der Waals surface area contributed by atoms with Gasteiger partial charge in [0, 0.05) is 49.8 Å². The Morgan fingerprint density at radius 1 is 0.467 bits per heavy atom. The zero-order chi connectivity index (χ0) is 38.9. The van der Waals surface area contributed by atoms with Gasteiger partial charge in [0.1, 0.15) is 5.82 Å². The Balaban J connectivity index is 0.00000408. The van der Waals surface area contributed by atoms with Gasteiger partial charge < -0.3 is 13.9 Å². The Morgan fingerprint density at radius 2 is 1.08 bits per heavy atom. The first-order valence-electron chi connectivity index (χ1n) is 19.7. The first-order chi connectivity index (χ1) is 29.3. The predicted octanol–water partition coefficient (Wildman–Crippen LogP) is 12.6. The first-order valence-corrected chi connectivity index (χ1v) is 19.7. The average molecular weight is 948 g/mol. The Kier molecular flexibility index (Phi) is 8.65. The molecule has 0 N–H and O–H groups in total. The van der Waals surface area contributed by atoms with Gasteiger partial charge in [-0.15, -0.1) is 29.7 Å². The third-order valence-corrected chi connectivity index (χ3v) is 11.4. The summed E-state index contributed by atoms with van der Waals surface area (Å²) in [7, 11) is 0. The molecule has 0 saturated heterocycles. The summed E-state index contributed by atoms with van der Waals surface area (Å²) >= 11 is 0. The molecule has 5 nitrogen and oxygen atoms in total. The van der Waals surface area contributed by atoms with Gasteiger partial charge in [0.2, 0.25) is 0 Å². The normalized spacial score (nSPS) is 11.5. The van der Waals surface area contributed by atoms with Crippen LogP contribution in [0.25, 0.3) is 94.5 Å². The summed E-state index contributed by atoms with van der Waals surface area (Å²) in [6.07, 6.45) is 5.61. The van der Waals surface area contributed by atoms with Crippen LogP contribution in [0.1, 0.15) is 0 Å². The number of ether oxygens (including phenoxy) is 1. The molecule has 0 atom stereocenters. The monoisotopic (exact) mass is 947 g/mol. The molecule has 12 rings (SSSR count). The van der Waals surface area contributed by atoms with Crippen molar-refractivity contribution >= 4 is 32.8 Å². The van der Waals surface area contributed by atoms with Crippen LogP contribution in [0.15, 0.2) is 194 Å². The van der Waals surface area contributed by atoms with Crippen LogP contribution in [-0.4, -0.2) is 14.1 Å². The molecule has 0 saturated carbocycles. The van der Waals surface area contributed by atoms with Crippen molar-refractivity contribution < 1.29 is 30.4 Å². The maximum atomic E-state index is 6.65. The first kappa shape index (κ1) is 35.8. The standard InChI is InChI=1S/C54H32N4O.Pt/c1-2-15-36(16-3-1)40-26-14-32-55-54(40)58-50-28-11-9-24-46(50)47-31-30-39(34-52(47)58)59-38-18-12-17-37(33-38)56-35-57-49-27-10-8-23-45(49)43-21-6-4-19-41(43)42-20-5-7-22-44(42)48-25-13-29-51(56)53(48)57;/h1-32H;/q-2;. The maximum Gasteiger partial charge on any atom is 0.268 e. The van der Waals surface area contributed by atoms with Crippen LogP contribution < -0.4 is 9.30 Å². The number of hydrogen-bond acceptors (Lipinski definition) is 2. The summed E-state index contributed by atoms with van der Waals surface area (Å²) < 4.78 is 13.1. The quantitative estimate of drug-likeness (QED) is 0.127. The van der Waals surface area contributed by atoms with Crippen molar-refractivity contribution in [1.82, 2.24) is 14.1 Å². The molecular formula is C54H32N4OPt-2.